The lowest BCUT2D eigenvalue weighted by Crippen LogP contribution is -2.69. The van der Waals surface area contributed by atoms with Crippen LogP contribution >= 0.6 is 0 Å². The normalized spacial score (nSPS) is 33.3. The molecule has 2 saturated heterocycles. The maximum Gasteiger partial charge on any atom is 0.411 e. The Morgan fingerprint density at radius 3 is 2.20 bits per heavy atom. The van der Waals surface area contributed by atoms with E-state index in [0.29, 0.717) is 0 Å². The number of rotatable bonds is 0. The van der Waals surface area contributed by atoms with Crippen LogP contribution in [0.25, 0.3) is 0 Å². The highest BCUT2D eigenvalue weighted by molar-refractivity contribution is 5.96. The van der Waals surface area contributed by atoms with Crippen molar-refractivity contribution in [3.05, 3.63) is 24.3 Å². The van der Waals surface area contributed by atoms with Crippen LogP contribution in [0.2, 0.25) is 0 Å². The maximum absolute atomic E-state index is 12.2. The molecule has 2 aliphatic heterocycles. The first-order valence-electron chi connectivity index (χ1n) is 7.11. The second kappa shape index (κ2) is 5.97. The molecular formula is C15H16O10. The smallest absolute Gasteiger partial charge is 0.411 e. The lowest BCUT2D eigenvalue weighted by Gasteiger charge is -2.44. The zero-order valence-electron chi connectivity index (χ0n) is 13.4. The van der Waals surface area contributed by atoms with Gasteiger partial charge in [0.2, 0.25) is 0 Å². The molecule has 2 fully saturated rings. The Balaban J connectivity index is 2.61. The number of cyclic esters (lactones) is 2. The number of esters is 4. The third-order valence-electron chi connectivity index (χ3n) is 3.81. The summed E-state index contributed by atoms with van der Waals surface area (Å²) in [7, 11) is 0. The van der Waals surface area contributed by atoms with E-state index < -0.39 is 65.2 Å². The molecule has 0 aromatic heterocycles. The van der Waals surface area contributed by atoms with Gasteiger partial charge in [0.25, 0.3) is 0 Å². The van der Waals surface area contributed by atoms with Crippen molar-refractivity contribution in [3.8, 4) is 0 Å². The SMILES string of the molecule is C=C1CC(=O)OC(C)C2(OC1=O)OC(=O)C(C)C(=C)C(=O)OC2(O)O. The van der Waals surface area contributed by atoms with E-state index in [1.54, 1.807) is 0 Å². The van der Waals surface area contributed by atoms with E-state index in [2.05, 4.69) is 17.9 Å². The molecule has 2 aliphatic rings. The molecule has 2 heterocycles. The van der Waals surface area contributed by atoms with Gasteiger partial charge in [-0.3, -0.25) is 9.59 Å². The van der Waals surface area contributed by atoms with E-state index in [0.717, 1.165) is 6.92 Å². The van der Waals surface area contributed by atoms with Crippen molar-refractivity contribution in [2.45, 2.75) is 38.1 Å². The van der Waals surface area contributed by atoms with Gasteiger partial charge in [-0.05, 0) is 13.8 Å². The summed E-state index contributed by atoms with van der Waals surface area (Å²) in [6.07, 6.45) is -2.26. The number of carbonyl (C=O) groups excluding carboxylic acids is 4. The fourth-order valence-corrected chi connectivity index (χ4v) is 2.18. The molecular weight excluding hydrogens is 340 g/mol. The predicted octanol–water partition coefficient (Wildman–Crippen LogP) is -0.952. The Morgan fingerprint density at radius 2 is 1.60 bits per heavy atom. The van der Waals surface area contributed by atoms with Gasteiger partial charge in [0.05, 0.1) is 12.3 Å². The van der Waals surface area contributed by atoms with Gasteiger partial charge >= 0.3 is 35.6 Å². The molecule has 3 atom stereocenters. The first-order chi connectivity index (χ1) is 11.4. The summed E-state index contributed by atoms with van der Waals surface area (Å²) in [5.41, 5.74) is -0.812. The van der Waals surface area contributed by atoms with Crippen LogP contribution in [-0.4, -0.2) is 52.0 Å². The molecule has 0 aromatic carbocycles. The fourth-order valence-electron chi connectivity index (χ4n) is 2.18. The first-order valence-corrected chi connectivity index (χ1v) is 7.11. The minimum atomic E-state index is -3.67. The first kappa shape index (κ1) is 18.6. The molecule has 0 aliphatic carbocycles. The minimum absolute atomic E-state index is 0.394. The van der Waals surface area contributed by atoms with E-state index in [4.69, 9.17) is 14.2 Å². The van der Waals surface area contributed by atoms with Gasteiger partial charge in [0, 0.05) is 11.1 Å². The lowest BCUT2D eigenvalue weighted by molar-refractivity contribution is -0.459. The van der Waals surface area contributed by atoms with Gasteiger partial charge in [-0.2, -0.15) is 0 Å². The number of ether oxygens (including phenoxy) is 4. The molecule has 0 amide bonds. The number of aliphatic hydroxyl groups is 2. The molecule has 10 nitrogen and oxygen atoms in total. The molecule has 0 aromatic rings. The van der Waals surface area contributed by atoms with Crippen LogP contribution in [0.3, 0.4) is 0 Å². The average Bonchev–Trinajstić information content (AvgIpc) is 2.49. The molecule has 3 unspecified atom stereocenters. The Kier molecular flexibility index (Phi) is 4.45. The van der Waals surface area contributed by atoms with Gasteiger partial charge in [-0.1, -0.05) is 13.2 Å². The van der Waals surface area contributed by atoms with Crippen molar-refractivity contribution in [1.29, 1.82) is 0 Å². The third-order valence-corrected chi connectivity index (χ3v) is 3.81. The van der Waals surface area contributed by atoms with Crippen LogP contribution in [0.1, 0.15) is 20.3 Å². The molecule has 136 valence electrons. The fraction of sp³-hybridized carbons (Fsp3) is 0.467. The topological polar surface area (TPSA) is 146 Å². The summed E-state index contributed by atoms with van der Waals surface area (Å²) in [5.74, 6) is -12.8. The summed E-state index contributed by atoms with van der Waals surface area (Å²) < 4.78 is 19.2. The summed E-state index contributed by atoms with van der Waals surface area (Å²) in [6.45, 7) is 8.91. The van der Waals surface area contributed by atoms with Crippen LogP contribution < -0.4 is 0 Å². The summed E-state index contributed by atoms with van der Waals surface area (Å²) in [4.78, 5) is 47.9. The van der Waals surface area contributed by atoms with Gasteiger partial charge in [-0.25, -0.2) is 9.59 Å². The Labute approximate surface area is 141 Å². The van der Waals surface area contributed by atoms with E-state index >= 15 is 0 Å². The summed E-state index contributed by atoms with van der Waals surface area (Å²) in [5, 5.41) is 20.4. The van der Waals surface area contributed by atoms with Crippen LogP contribution in [0.4, 0.5) is 0 Å². The highest BCUT2D eigenvalue weighted by atomic mass is 16.9. The van der Waals surface area contributed by atoms with E-state index in [-0.39, 0.29) is 0 Å². The van der Waals surface area contributed by atoms with Gasteiger partial charge in [0.1, 0.15) is 0 Å². The van der Waals surface area contributed by atoms with Crippen LogP contribution in [0, 0.1) is 5.92 Å². The molecule has 0 radical (unpaired) electrons. The molecule has 0 bridgehead atoms. The zero-order chi connectivity index (χ0) is 19.2. The van der Waals surface area contributed by atoms with E-state index in [1.165, 1.54) is 6.92 Å². The minimum Gasteiger partial charge on any atom is -0.454 e. The molecule has 25 heavy (non-hydrogen) atoms. The van der Waals surface area contributed by atoms with Crippen LogP contribution in [0.15, 0.2) is 24.3 Å². The van der Waals surface area contributed by atoms with Gasteiger partial charge in [0.15, 0.2) is 6.10 Å². The zero-order valence-corrected chi connectivity index (χ0v) is 13.4. The molecule has 0 saturated carbocycles. The highest BCUT2D eigenvalue weighted by Gasteiger charge is 2.68. The summed E-state index contributed by atoms with van der Waals surface area (Å²) >= 11 is 0. The second-order valence-corrected chi connectivity index (χ2v) is 5.64. The maximum atomic E-state index is 12.2. The molecule has 1 spiro atoms. The summed E-state index contributed by atoms with van der Waals surface area (Å²) in [6, 6.07) is 0. The lowest BCUT2D eigenvalue weighted by atomic mass is 10.00. The van der Waals surface area contributed by atoms with Crippen LogP contribution in [0.5, 0.6) is 0 Å². The molecule has 2 N–H and O–H groups in total. The second-order valence-electron chi connectivity index (χ2n) is 5.64. The largest absolute Gasteiger partial charge is 0.454 e. The van der Waals surface area contributed by atoms with Gasteiger partial charge in [-0.15, -0.1) is 0 Å². The Morgan fingerprint density at radius 1 is 1.00 bits per heavy atom. The molecule has 10 heteroatoms. The number of hydrogen-bond acceptors (Lipinski definition) is 10. The predicted molar refractivity (Wildman–Crippen MR) is 75.8 cm³/mol. The van der Waals surface area contributed by atoms with Crippen molar-refractivity contribution in [3.63, 3.8) is 0 Å². The quantitative estimate of drug-likeness (QED) is 0.241. The monoisotopic (exact) mass is 356 g/mol. The number of carbonyl (C=O) groups is 4. The number of hydrogen-bond donors (Lipinski definition) is 2. The standard InChI is InChI=1S/C15H16O10/c1-6-5-10(16)22-9(4)14(23-11(6)17)15(20,21)25-13(19)8(3)7(2)12(18)24-14/h7,9,20-21H,1,3,5H2,2,4H3. The van der Waals surface area contributed by atoms with Crippen molar-refractivity contribution in [2.75, 3.05) is 0 Å². The van der Waals surface area contributed by atoms with E-state index in [9.17, 15) is 29.4 Å². The van der Waals surface area contributed by atoms with Crippen LogP contribution in [-0.2, 0) is 38.1 Å². The van der Waals surface area contributed by atoms with Gasteiger partial charge < -0.3 is 29.2 Å². The van der Waals surface area contributed by atoms with Crippen molar-refractivity contribution in [1.82, 2.24) is 0 Å². The van der Waals surface area contributed by atoms with Crippen molar-refractivity contribution in [2.24, 2.45) is 5.92 Å². The highest BCUT2D eigenvalue weighted by Crippen LogP contribution is 2.38. The Bertz CT molecular complexity index is 690. The van der Waals surface area contributed by atoms with Crippen molar-refractivity contribution >= 4 is 23.9 Å². The Hall–Kier alpha value is -2.72. The molecule has 2 rings (SSSR count). The van der Waals surface area contributed by atoms with E-state index in [1.807, 2.05) is 0 Å². The van der Waals surface area contributed by atoms with Crippen molar-refractivity contribution < 1.29 is 48.3 Å². The third kappa shape index (κ3) is 3.01. The average molecular weight is 356 g/mol.